The van der Waals surface area contributed by atoms with Crippen molar-refractivity contribution >= 4 is 29.7 Å². The second-order valence-corrected chi connectivity index (χ2v) is 7.45. The highest BCUT2D eigenvalue weighted by Crippen LogP contribution is 2.20. The smallest absolute Gasteiger partial charge is 0.338 e. The largest absolute Gasteiger partial charge is 0.462 e. The maximum Gasteiger partial charge on any atom is 0.338 e. The quantitative estimate of drug-likeness (QED) is 0.261. The van der Waals surface area contributed by atoms with Gasteiger partial charge >= 0.3 is 17.8 Å². The van der Waals surface area contributed by atoms with E-state index in [1.54, 1.807) is 6.92 Å². The third-order valence-electron chi connectivity index (χ3n) is 4.99. The number of nitrogens with zero attached hydrogens (tertiary/aromatic N) is 2. The molecule has 3 aromatic rings. The summed E-state index contributed by atoms with van der Waals surface area (Å²) in [6.07, 6.45) is 1.51. The molecule has 0 atom stereocenters. The van der Waals surface area contributed by atoms with Crippen LogP contribution in [0.5, 0.6) is 0 Å². The fourth-order valence-corrected chi connectivity index (χ4v) is 3.31. The molecule has 2 amide bonds. The fraction of sp³-hybridized carbons (Fsp3) is 0.200. The van der Waals surface area contributed by atoms with Gasteiger partial charge in [0.25, 0.3) is 0 Å². The molecule has 3 rings (SSSR count). The van der Waals surface area contributed by atoms with Crippen molar-refractivity contribution in [3.63, 3.8) is 0 Å². The summed E-state index contributed by atoms with van der Waals surface area (Å²) in [6, 6.07) is 16.2. The number of aromatic nitrogens is 1. The number of hydrogen-bond acceptors (Lipinski definition) is 5. The van der Waals surface area contributed by atoms with Crippen LogP contribution in [0.25, 0.3) is 5.69 Å². The lowest BCUT2D eigenvalue weighted by molar-refractivity contribution is -0.136. The summed E-state index contributed by atoms with van der Waals surface area (Å²) in [6.45, 7) is 7.98. The number of benzene rings is 2. The van der Waals surface area contributed by atoms with E-state index in [2.05, 4.69) is 20.4 Å². The van der Waals surface area contributed by atoms with Crippen molar-refractivity contribution < 1.29 is 19.1 Å². The van der Waals surface area contributed by atoms with Crippen LogP contribution < -0.4 is 10.7 Å². The van der Waals surface area contributed by atoms with Crippen LogP contribution in [-0.2, 0) is 14.3 Å². The lowest BCUT2D eigenvalue weighted by Crippen LogP contribution is -2.32. The van der Waals surface area contributed by atoms with Crippen LogP contribution in [0.3, 0.4) is 0 Å². The number of ether oxygens (including phenoxy) is 1. The van der Waals surface area contributed by atoms with E-state index in [0.717, 1.165) is 22.6 Å². The van der Waals surface area contributed by atoms with Gasteiger partial charge in [-0.25, -0.2) is 10.2 Å². The number of carbonyl (C=O) groups excluding carboxylic acids is 3. The van der Waals surface area contributed by atoms with E-state index < -0.39 is 17.8 Å². The highest BCUT2D eigenvalue weighted by Gasteiger charge is 2.14. The van der Waals surface area contributed by atoms with E-state index in [-0.39, 0.29) is 6.61 Å². The molecule has 1 heterocycles. The SMILES string of the molecule is CCOC(=O)c1ccc(NC(=O)C(=O)N/N=C\c2cc(C)n(-c3ccc(C)cc3)c2C)cc1. The molecule has 0 unspecified atom stereocenters. The first kappa shape index (κ1) is 23.5. The zero-order valence-electron chi connectivity index (χ0n) is 19.0. The minimum absolute atomic E-state index is 0.272. The van der Waals surface area contributed by atoms with Gasteiger partial charge in [0.1, 0.15) is 0 Å². The second kappa shape index (κ2) is 10.4. The molecule has 0 fully saturated rings. The Kier molecular flexibility index (Phi) is 7.40. The molecule has 0 radical (unpaired) electrons. The minimum atomic E-state index is -0.909. The Bertz CT molecular complexity index is 1190. The van der Waals surface area contributed by atoms with E-state index >= 15 is 0 Å². The molecule has 0 bridgehead atoms. The van der Waals surface area contributed by atoms with E-state index in [4.69, 9.17) is 4.74 Å². The first-order chi connectivity index (χ1) is 15.8. The van der Waals surface area contributed by atoms with Crippen molar-refractivity contribution in [2.24, 2.45) is 5.10 Å². The minimum Gasteiger partial charge on any atom is -0.462 e. The first-order valence-corrected chi connectivity index (χ1v) is 10.5. The van der Waals surface area contributed by atoms with Gasteiger partial charge in [-0.3, -0.25) is 9.59 Å². The second-order valence-electron chi connectivity index (χ2n) is 7.45. The van der Waals surface area contributed by atoms with Gasteiger partial charge in [0.15, 0.2) is 0 Å². The molecule has 0 spiro atoms. The standard InChI is InChI=1S/C25H26N4O4/c1-5-33-25(32)19-8-10-21(11-9-19)27-23(30)24(31)28-26-15-20-14-17(3)29(18(20)4)22-12-6-16(2)7-13-22/h6-15H,5H2,1-4H3,(H,27,30)(H,28,31)/b26-15-. The van der Waals surface area contributed by atoms with Crippen molar-refractivity contribution in [1.29, 1.82) is 0 Å². The number of rotatable bonds is 6. The zero-order valence-corrected chi connectivity index (χ0v) is 19.0. The molecule has 2 aromatic carbocycles. The number of amides is 2. The van der Waals surface area contributed by atoms with Gasteiger partial charge in [0.05, 0.1) is 18.4 Å². The van der Waals surface area contributed by atoms with Gasteiger partial charge in [-0.15, -0.1) is 0 Å². The molecule has 0 aliphatic heterocycles. The third-order valence-corrected chi connectivity index (χ3v) is 4.99. The molecular formula is C25H26N4O4. The molecule has 2 N–H and O–H groups in total. The van der Waals surface area contributed by atoms with Crippen LogP contribution in [0.4, 0.5) is 5.69 Å². The van der Waals surface area contributed by atoms with Crippen molar-refractivity contribution in [3.8, 4) is 5.69 Å². The monoisotopic (exact) mass is 446 g/mol. The van der Waals surface area contributed by atoms with Gasteiger partial charge in [0, 0.05) is 28.3 Å². The molecule has 1 aromatic heterocycles. The Morgan fingerprint density at radius 1 is 0.970 bits per heavy atom. The average molecular weight is 447 g/mol. The van der Waals surface area contributed by atoms with Crippen molar-refractivity contribution in [2.75, 3.05) is 11.9 Å². The summed E-state index contributed by atoms with van der Waals surface area (Å²) in [5.74, 6) is -2.24. The Balaban J connectivity index is 1.61. The maximum atomic E-state index is 12.1. The lowest BCUT2D eigenvalue weighted by atomic mass is 10.2. The van der Waals surface area contributed by atoms with E-state index in [1.165, 1.54) is 36.0 Å². The normalized spacial score (nSPS) is 10.8. The van der Waals surface area contributed by atoms with Crippen LogP contribution in [0.1, 0.15) is 39.8 Å². The summed E-state index contributed by atoms with van der Waals surface area (Å²) in [7, 11) is 0. The number of carbonyl (C=O) groups is 3. The summed E-state index contributed by atoms with van der Waals surface area (Å²) in [5, 5.41) is 6.38. The number of aryl methyl sites for hydroxylation is 2. The molecule has 170 valence electrons. The van der Waals surface area contributed by atoms with Gasteiger partial charge < -0.3 is 14.6 Å². The number of anilines is 1. The van der Waals surface area contributed by atoms with E-state index in [1.807, 2.05) is 51.1 Å². The van der Waals surface area contributed by atoms with Crippen LogP contribution in [0.15, 0.2) is 59.7 Å². The Morgan fingerprint density at radius 3 is 2.27 bits per heavy atom. The van der Waals surface area contributed by atoms with Crippen LogP contribution in [0.2, 0.25) is 0 Å². The number of esters is 1. The molecule has 8 nitrogen and oxygen atoms in total. The van der Waals surface area contributed by atoms with Gasteiger partial charge in [-0.2, -0.15) is 5.10 Å². The Morgan fingerprint density at radius 2 is 1.64 bits per heavy atom. The highest BCUT2D eigenvalue weighted by molar-refractivity contribution is 6.39. The highest BCUT2D eigenvalue weighted by atomic mass is 16.5. The molecule has 0 aliphatic rings. The van der Waals surface area contributed by atoms with Crippen molar-refractivity contribution in [3.05, 3.63) is 82.7 Å². The summed E-state index contributed by atoms with van der Waals surface area (Å²) < 4.78 is 7.00. The summed E-state index contributed by atoms with van der Waals surface area (Å²) in [4.78, 5) is 35.9. The molecule has 0 saturated carbocycles. The molecular weight excluding hydrogens is 420 g/mol. The number of hydrogen-bond donors (Lipinski definition) is 2. The number of hydrazone groups is 1. The first-order valence-electron chi connectivity index (χ1n) is 10.5. The molecule has 0 saturated heterocycles. The summed E-state index contributed by atoms with van der Waals surface area (Å²) in [5.41, 5.74) is 7.98. The fourth-order valence-electron chi connectivity index (χ4n) is 3.31. The van der Waals surface area contributed by atoms with Crippen LogP contribution in [-0.4, -0.2) is 35.2 Å². The average Bonchev–Trinajstić information content (AvgIpc) is 3.08. The van der Waals surface area contributed by atoms with E-state index in [9.17, 15) is 14.4 Å². The summed E-state index contributed by atoms with van der Waals surface area (Å²) >= 11 is 0. The van der Waals surface area contributed by atoms with Crippen molar-refractivity contribution in [1.82, 2.24) is 9.99 Å². The topological polar surface area (TPSA) is 102 Å². The number of nitrogens with one attached hydrogen (secondary N) is 2. The van der Waals surface area contributed by atoms with Crippen LogP contribution in [0, 0.1) is 20.8 Å². The predicted octanol–water partition coefficient (Wildman–Crippen LogP) is 3.67. The van der Waals surface area contributed by atoms with E-state index in [0.29, 0.717) is 11.3 Å². The molecule has 33 heavy (non-hydrogen) atoms. The van der Waals surface area contributed by atoms with Gasteiger partial charge in [-0.1, -0.05) is 17.7 Å². The van der Waals surface area contributed by atoms with Crippen molar-refractivity contribution in [2.45, 2.75) is 27.7 Å². The van der Waals surface area contributed by atoms with Gasteiger partial charge in [0.2, 0.25) is 0 Å². The maximum absolute atomic E-state index is 12.1. The molecule has 0 aliphatic carbocycles. The lowest BCUT2D eigenvalue weighted by Gasteiger charge is -2.09. The van der Waals surface area contributed by atoms with Crippen LogP contribution >= 0.6 is 0 Å². The Hall–Kier alpha value is -4.20. The third kappa shape index (κ3) is 5.74. The van der Waals surface area contributed by atoms with Gasteiger partial charge in [-0.05, 0) is 70.2 Å². The zero-order chi connectivity index (χ0) is 24.0. The predicted molar refractivity (Wildman–Crippen MR) is 127 cm³/mol. The molecule has 8 heteroatoms. The Labute approximate surface area is 192 Å².